The van der Waals surface area contributed by atoms with E-state index in [9.17, 15) is 14.4 Å². The topological polar surface area (TPSA) is 78.9 Å². The van der Waals surface area contributed by atoms with Gasteiger partial charge in [0.1, 0.15) is 13.2 Å². The lowest BCUT2D eigenvalue weighted by Gasteiger charge is -2.18. The van der Waals surface area contributed by atoms with Gasteiger partial charge in [-0.3, -0.25) is 14.4 Å². The van der Waals surface area contributed by atoms with Crippen molar-refractivity contribution in [3.63, 3.8) is 0 Å². The number of carbonyl (C=O) groups excluding carboxylic acids is 3. The molecule has 0 heterocycles. The van der Waals surface area contributed by atoms with Crippen molar-refractivity contribution >= 4 is 17.9 Å². The van der Waals surface area contributed by atoms with E-state index in [1.807, 2.05) is 0 Å². The maximum Gasteiger partial charge on any atom is 0.306 e. The molecule has 0 aromatic heterocycles. The fraction of sp³-hybridized carbons (Fsp3) is 0.776. The molecular weight excluding hydrogens is 793 g/mol. The van der Waals surface area contributed by atoms with Crippen LogP contribution in [-0.2, 0) is 28.6 Å². The number of unbranched alkanes of at least 4 members (excludes halogenated alkanes) is 29. The molecular formula is C58H102O6. The lowest BCUT2D eigenvalue weighted by atomic mass is 10.0. The molecule has 0 aliphatic carbocycles. The Bertz CT molecular complexity index is 1170. The first kappa shape index (κ1) is 61.1. The summed E-state index contributed by atoms with van der Waals surface area (Å²) in [5.74, 6) is -0.934. The van der Waals surface area contributed by atoms with E-state index >= 15 is 0 Å². The molecule has 0 N–H and O–H groups in total. The highest BCUT2D eigenvalue weighted by Crippen LogP contribution is 2.16. The molecule has 0 bridgehead atoms. The Labute approximate surface area is 396 Å². The van der Waals surface area contributed by atoms with Crippen molar-refractivity contribution in [3.05, 3.63) is 60.8 Å². The lowest BCUT2D eigenvalue weighted by molar-refractivity contribution is -0.167. The number of esters is 3. The van der Waals surface area contributed by atoms with Crippen LogP contribution in [0.5, 0.6) is 0 Å². The summed E-state index contributed by atoms with van der Waals surface area (Å²) < 4.78 is 16.8. The number of allylic oxidation sites excluding steroid dienone is 10. The Morgan fingerprint density at radius 2 is 0.656 bits per heavy atom. The van der Waals surface area contributed by atoms with Gasteiger partial charge in [-0.05, 0) is 77.0 Å². The van der Waals surface area contributed by atoms with E-state index in [-0.39, 0.29) is 31.1 Å². The molecule has 0 aliphatic heterocycles. The zero-order chi connectivity index (χ0) is 46.5. The van der Waals surface area contributed by atoms with Gasteiger partial charge in [0.05, 0.1) is 0 Å². The van der Waals surface area contributed by atoms with Crippen molar-refractivity contribution in [1.29, 1.82) is 0 Å². The smallest absolute Gasteiger partial charge is 0.306 e. The quantitative estimate of drug-likeness (QED) is 0.0199. The first-order valence-electron chi connectivity index (χ1n) is 27.3. The summed E-state index contributed by atoms with van der Waals surface area (Å²) in [5.41, 5.74) is 0. The highest BCUT2D eigenvalue weighted by atomic mass is 16.6. The first-order chi connectivity index (χ1) is 31.5. The molecule has 0 aromatic carbocycles. The molecule has 6 heteroatoms. The average Bonchev–Trinajstić information content (AvgIpc) is 3.29. The van der Waals surface area contributed by atoms with Gasteiger partial charge in [-0.25, -0.2) is 0 Å². The molecule has 1 unspecified atom stereocenters. The number of ether oxygens (including phenoxy) is 3. The number of hydrogen-bond acceptors (Lipinski definition) is 6. The maximum atomic E-state index is 12.8. The Hall–Kier alpha value is -2.89. The van der Waals surface area contributed by atoms with Gasteiger partial charge in [0.25, 0.3) is 0 Å². The zero-order valence-corrected chi connectivity index (χ0v) is 42.3. The molecule has 0 radical (unpaired) electrons. The standard InChI is InChI=1S/C58H102O6/c1-4-7-10-13-16-19-22-25-27-28-29-30-32-33-36-39-42-45-48-51-57(60)63-54-55(53-62-56(59)50-47-44-41-38-35-24-21-18-15-12-9-6-3)64-58(61)52-49-46-43-40-37-34-31-26-23-20-17-14-11-8-5-2/h9,12,17-18,20-21,23,26,35,38,55H,4-8,10-11,13-16,19,22,24-25,27-34,36-37,39-54H2,1-3H3/b12-9-,20-17-,21-18-,26-23-,38-35-. The van der Waals surface area contributed by atoms with Crippen LogP contribution in [0, 0.1) is 0 Å². The van der Waals surface area contributed by atoms with Crippen LogP contribution in [0.2, 0.25) is 0 Å². The van der Waals surface area contributed by atoms with Crippen molar-refractivity contribution in [2.75, 3.05) is 13.2 Å². The lowest BCUT2D eigenvalue weighted by Crippen LogP contribution is -2.30. The molecule has 0 spiro atoms. The van der Waals surface area contributed by atoms with E-state index in [0.29, 0.717) is 19.3 Å². The second kappa shape index (κ2) is 52.7. The minimum atomic E-state index is -0.793. The van der Waals surface area contributed by atoms with Gasteiger partial charge < -0.3 is 14.2 Å². The maximum absolute atomic E-state index is 12.8. The van der Waals surface area contributed by atoms with Gasteiger partial charge in [-0.2, -0.15) is 0 Å². The van der Waals surface area contributed by atoms with Gasteiger partial charge in [-0.15, -0.1) is 0 Å². The van der Waals surface area contributed by atoms with Gasteiger partial charge in [0.15, 0.2) is 6.10 Å². The predicted octanol–water partition coefficient (Wildman–Crippen LogP) is 18.0. The molecule has 0 saturated carbocycles. The van der Waals surface area contributed by atoms with Crippen LogP contribution in [0.1, 0.15) is 271 Å². The third-order valence-electron chi connectivity index (χ3n) is 11.8. The van der Waals surface area contributed by atoms with E-state index < -0.39 is 6.10 Å². The summed E-state index contributed by atoms with van der Waals surface area (Å²) >= 11 is 0. The van der Waals surface area contributed by atoms with Gasteiger partial charge in [0.2, 0.25) is 0 Å². The fourth-order valence-electron chi connectivity index (χ4n) is 7.68. The molecule has 370 valence electrons. The van der Waals surface area contributed by atoms with Crippen molar-refractivity contribution < 1.29 is 28.6 Å². The SMILES string of the molecule is CC/C=C\C/C=C\C/C=C\CCCCC(=O)OCC(COC(=O)CCCCCCCCCCCCCCCCCCCCC)OC(=O)CCCCCCCC/C=C\C=C/CCCCC. The van der Waals surface area contributed by atoms with Crippen LogP contribution in [0.3, 0.4) is 0 Å². The van der Waals surface area contributed by atoms with Crippen molar-refractivity contribution in [2.24, 2.45) is 0 Å². The van der Waals surface area contributed by atoms with Crippen LogP contribution in [0.25, 0.3) is 0 Å². The summed E-state index contributed by atoms with van der Waals surface area (Å²) in [6, 6.07) is 0. The second-order valence-electron chi connectivity index (χ2n) is 18.1. The summed E-state index contributed by atoms with van der Waals surface area (Å²) in [7, 11) is 0. The van der Waals surface area contributed by atoms with Crippen LogP contribution < -0.4 is 0 Å². The van der Waals surface area contributed by atoms with Crippen molar-refractivity contribution in [2.45, 2.75) is 277 Å². The molecule has 0 amide bonds. The minimum absolute atomic E-state index is 0.0891. The monoisotopic (exact) mass is 895 g/mol. The minimum Gasteiger partial charge on any atom is -0.462 e. The number of rotatable bonds is 49. The molecule has 6 nitrogen and oxygen atoms in total. The number of carbonyl (C=O) groups is 3. The first-order valence-corrected chi connectivity index (χ1v) is 27.3. The Morgan fingerprint density at radius 3 is 1.11 bits per heavy atom. The predicted molar refractivity (Wildman–Crippen MR) is 275 cm³/mol. The average molecular weight is 895 g/mol. The van der Waals surface area contributed by atoms with Crippen LogP contribution in [0.4, 0.5) is 0 Å². The van der Waals surface area contributed by atoms with Gasteiger partial charge >= 0.3 is 17.9 Å². The van der Waals surface area contributed by atoms with Crippen LogP contribution >= 0.6 is 0 Å². The highest BCUT2D eigenvalue weighted by Gasteiger charge is 2.19. The van der Waals surface area contributed by atoms with E-state index in [4.69, 9.17) is 14.2 Å². The second-order valence-corrected chi connectivity index (χ2v) is 18.1. The number of hydrogen-bond donors (Lipinski definition) is 0. The van der Waals surface area contributed by atoms with Crippen LogP contribution in [-0.4, -0.2) is 37.2 Å². The highest BCUT2D eigenvalue weighted by molar-refractivity contribution is 5.71. The van der Waals surface area contributed by atoms with E-state index in [1.54, 1.807) is 0 Å². The summed E-state index contributed by atoms with van der Waals surface area (Å²) in [5, 5.41) is 0. The summed E-state index contributed by atoms with van der Waals surface area (Å²) in [4.78, 5) is 38.0. The van der Waals surface area contributed by atoms with E-state index in [0.717, 1.165) is 89.9 Å². The third kappa shape index (κ3) is 50.1. The molecule has 0 saturated heterocycles. The summed E-state index contributed by atoms with van der Waals surface area (Å²) in [6.45, 7) is 6.47. The Balaban J connectivity index is 4.36. The van der Waals surface area contributed by atoms with E-state index in [2.05, 4.69) is 81.5 Å². The zero-order valence-electron chi connectivity index (χ0n) is 42.3. The third-order valence-corrected chi connectivity index (χ3v) is 11.8. The molecule has 1 atom stereocenters. The van der Waals surface area contributed by atoms with Gasteiger partial charge in [0, 0.05) is 19.3 Å². The Kier molecular flexibility index (Phi) is 50.4. The molecule has 0 aliphatic rings. The largest absolute Gasteiger partial charge is 0.462 e. The normalized spacial score (nSPS) is 12.5. The van der Waals surface area contributed by atoms with Crippen LogP contribution in [0.15, 0.2) is 60.8 Å². The molecule has 0 aromatic rings. The fourth-order valence-corrected chi connectivity index (χ4v) is 7.68. The van der Waals surface area contributed by atoms with Crippen molar-refractivity contribution in [3.8, 4) is 0 Å². The van der Waals surface area contributed by atoms with Crippen molar-refractivity contribution in [1.82, 2.24) is 0 Å². The van der Waals surface area contributed by atoms with Gasteiger partial charge in [-0.1, -0.05) is 236 Å². The molecule has 0 fully saturated rings. The summed E-state index contributed by atoms with van der Waals surface area (Å²) in [6.07, 6.45) is 65.0. The molecule has 0 rings (SSSR count). The van der Waals surface area contributed by atoms with E-state index in [1.165, 1.54) is 141 Å². The Morgan fingerprint density at radius 1 is 0.344 bits per heavy atom. The molecule has 64 heavy (non-hydrogen) atoms.